The van der Waals surface area contributed by atoms with Gasteiger partial charge in [-0.15, -0.1) is 0 Å². The zero-order chi connectivity index (χ0) is 25.0. The van der Waals surface area contributed by atoms with Crippen molar-refractivity contribution in [3.63, 3.8) is 0 Å². The van der Waals surface area contributed by atoms with E-state index in [0.29, 0.717) is 16.6 Å². The summed E-state index contributed by atoms with van der Waals surface area (Å²) < 4.78 is 0.986. The van der Waals surface area contributed by atoms with E-state index in [2.05, 4.69) is 31.5 Å². The molecular weight excluding hydrogens is 551 g/mol. The largest absolute Gasteiger partial charge is 0.353 e. The van der Waals surface area contributed by atoms with Crippen LogP contribution in [0.2, 0.25) is 10.0 Å². The Labute approximate surface area is 225 Å². The number of rotatable bonds is 9. The number of hydrogen-bond acceptors (Lipinski definition) is 3. The molecule has 188 valence electrons. The maximum Gasteiger partial charge on any atom is 0.321 e. The van der Waals surface area contributed by atoms with Gasteiger partial charge in [-0.2, -0.15) is 0 Å². The molecule has 1 aliphatic heterocycles. The number of carbonyl (C=O) groups is 2. The minimum absolute atomic E-state index is 0.0434. The molecule has 1 heterocycles. The lowest BCUT2D eigenvalue weighted by atomic mass is 10.2. The Hall–Kier alpha value is -2.06. The standard InChI is InChI=1S/C26H31BrCl2N4O2/c27-21-7-9-22(10-8-21)31-26(35)33-16-4-15-32(17-18-33)14-3-1-2-13-30-25(34)12-6-20-5-11-23(28)24(29)19-20/h5-12,19H,1-4,13-18H2,(H,30,34)(H,31,35)/b12-6+. The zero-order valence-electron chi connectivity index (χ0n) is 19.6. The molecule has 35 heavy (non-hydrogen) atoms. The minimum Gasteiger partial charge on any atom is -0.353 e. The van der Waals surface area contributed by atoms with Crippen molar-refractivity contribution in [3.05, 3.63) is 68.6 Å². The second kappa shape index (κ2) is 14.5. The van der Waals surface area contributed by atoms with Crippen LogP contribution in [0.1, 0.15) is 31.2 Å². The summed E-state index contributed by atoms with van der Waals surface area (Å²) in [5.74, 6) is -0.120. The molecular formula is C26H31BrCl2N4O2. The van der Waals surface area contributed by atoms with E-state index in [4.69, 9.17) is 23.2 Å². The van der Waals surface area contributed by atoms with Crippen molar-refractivity contribution in [2.24, 2.45) is 0 Å². The quantitative estimate of drug-likeness (QED) is 0.270. The molecule has 0 aromatic heterocycles. The second-order valence-corrected chi connectivity index (χ2v) is 10.2. The highest BCUT2D eigenvalue weighted by molar-refractivity contribution is 9.10. The van der Waals surface area contributed by atoms with Crippen LogP contribution >= 0.6 is 39.1 Å². The smallest absolute Gasteiger partial charge is 0.321 e. The van der Waals surface area contributed by atoms with Crippen LogP contribution in [0.5, 0.6) is 0 Å². The molecule has 2 N–H and O–H groups in total. The summed E-state index contributed by atoms with van der Waals surface area (Å²) in [6, 6.07) is 12.8. The molecule has 0 spiro atoms. The highest BCUT2D eigenvalue weighted by Crippen LogP contribution is 2.23. The summed E-state index contributed by atoms with van der Waals surface area (Å²) in [7, 11) is 0. The number of anilines is 1. The molecule has 9 heteroatoms. The zero-order valence-corrected chi connectivity index (χ0v) is 22.7. The summed E-state index contributed by atoms with van der Waals surface area (Å²) >= 11 is 15.3. The van der Waals surface area contributed by atoms with Gasteiger partial charge in [0.2, 0.25) is 5.91 Å². The Morgan fingerprint density at radius 2 is 1.74 bits per heavy atom. The van der Waals surface area contributed by atoms with Gasteiger partial charge < -0.3 is 20.4 Å². The molecule has 1 aliphatic rings. The minimum atomic E-state index is -0.120. The van der Waals surface area contributed by atoms with E-state index in [9.17, 15) is 9.59 Å². The first-order valence-corrected chi connectivity index (χ1v) is 13.4. The fraction of sp³-hybridized carbons (Fsp3) is 0.385. The fourth-order valence-corrected chi connectivity index (χ4v) is 4.40. The Morgan fingerprint density at radius 1 is 0.943 bits per heavy atom. The predicted octanol–water partition coefficient (Wildman–Crippen LogP) is 6.30. The highest BCUT2D eigenvalue weighted by atomic mass is 79.9. The van der Waals surface area contributed by atoms with Gasteiger partial charge in [-0.25, -0.2) is 4.79 Å². The van der Waals surface area contributed by atoms with E-state index in [1.165, 1.54) is 6.08 Å². The lowest BCUT2D eigenvalue weighted by Crippen LogP contribution is -2.38. The van der Waals surface area contributed by atoms with E-state index >= 15 is 0 Å². The molecule has 2 aromatic carbocycles. The number of benzene rings is 2. The maximum absolute atomic E-state index is 12.6. The second-order valence-electron chi connectivity index (χ2n) is 8.48. The van der Waals surface area contributed by atoms with Crippen molar-refractivity contribution in [2.75, 3.05) is 44.6 Å². The molecule has 6 nitrogen and oxygen atoms in total. The topological polar surface area (TPSA) is 64.7 Å². The third-order valence-electron chi connectivity index (χ3n) is 5.79. The monoisotopic (exact) mass is 580 g/mol. The van der Waals surface area contributed by atoms with E-state index in [-0.39, 0.29) is 11.9 Å². The Morgan fingerprint density at radius 3 is 2.51 bits per heavy atom. The molecule has 2 aromatic rings. The van der Waals surface area contributed by atoms with E-state index in [1.54, 1.807) is 18.2 Å². The summed E-state index contributed by atoms with van der Waals surface area (Å²) in [5, 5.41) is 6.85. The fourth-order valence-electron chi connectivity index (χ4n) is 3.83. The molecule has 1 fully saturated rings. The van der Waals surface area contributed by atoms with E-state index < -0.39 is 0 Å². The third-order valence-corrected chi connectivity index (χ3v) is 7.06. The van der Waals surface area contributed by atoms with Gasteiger partial charge in [0.1, 0.15) is 0 Å². The van der Waals surface area contributed by atoms with Gasteiger partial charge in [0, 0.05) is 42.4 Å². The van der Waals surface area contributed by atoms with Gasteiger partial charge in [-0.3, -0.25) is 4.79 Å². The average molecular weight is 582 g/mol. The van der Waals surface area contributed by atoms with Crippen molar-refractivity contribution in [2.45, 2.75) is 25.7 Å². The Bertz CT molecular complexity index is 1020. The lowest BCUT2D eigenvalue weighted by Gasteiger charge is -2.22. The number of hydrogen-bond donors (Lipinski definition) is 2. The highest BCUT2D eigenvalue weighted by Gasteiger charge is 2.19. The van der Waals surface area contributed by atoms with Crippen molar-refractivity contribution in [3.8, 4) is 0 Å². The van der Waals surface area contributed by atoms with Gasteiger partial charge in [-0.05, 0) is 80.4 Å². The number of halogens is 3. The maximum atomic E-state index is 12.6. The van der Waals surface area contributed by atoms with Gasteiger partial charge in [-0.1, -0.05) is 51.6 Å². The summed E-state index contributed by atoms with van der Waals surface area (Å²) in [6.45, 7) is 5.02. The predicted molar refractivity (Wildman–Crippen MR) is 148 cm³/mol. The third kappa shape index (κ3) is 9.84. The van der Waals surface area contributed by atoms with Crippen LogP contribution in [0.3, 0.4) is 0 Å². The molecule has 0 bridgehead atoms. The molecule has 0 unspecified atom stereocenters. The summed E-state index contributed by atoms with van der Waals surface area (Å²) in [6.07, 6.45) is 7.24. The van der Waals surface area contributed by atoms with Crippen molar-refractivity contribution in [1.82, 2.24) is 15.1 Å². The Balaban J connectivity index is 1.27. The van der Waals surface area contributed by atoms with Gasteiger partial charge in [0.05, 0.1) is 10.0 Å². The van der Waals surface area contributed by atoms with E-state index in [1.807, 2.05) is 35.2 Å². The van der Waals surface area contributed by atoms with Gasteiger partial charge in [0.25, 0.3) is 0 Å². The molecule has 0 radical (unpaired) electrons. The first-order valence-electron chi connectivity index (χ1n) is 11.9. The SMILES string of the molecule is O=C(/C=C/c1ccc(Cl)c(Cl)c1)NCCCCCN1CCCN(C(=O)Nc2ccc(Br)cc2)CC1. The number of urea groups is 1. The van der Waals surface area contributed by atoms with Crippen LogP contribution in [0.25, 0.3) is 6.08 Å². The molecule has 0 saturated carbocycles. The van der Waals surface area contributed by atoms with Crippen molar-refractivity contribution in [1.29, 1.82) is 0 Å². The first kappa shape index (κ1) is 27.5. The van der Waals surface area contributed by atoms with Gasteiger partial charge >= 0.3 is 6.03 Å². The lowest BCUT2D eigenvalue weighted by molar-refractivity contribution is -0.116. The summed E-state index contributed by atoms with van der Waals surface area (Å²) in [5.41, 5.74) is 1.63. The van der Waals surface area contributed by atoms with Crippen LogP contribution < -0.4 is 10.6 Å². The molecule has 0 atom stereocenters. The van der Waals surface area contributed by atoms with Crippen LogP contribution in [0.15, 0.2) is 53.0 Å². The first-order chi connectivity index (χ1) is 16.9. The molecule has 3 rings (SSSR count). The van der Waals surface area contributed by atoms with E-state index in [0.717, 1.165) is 74.1 Å². The number of nitrogens with one attached hydrogen (secondary N) is 2. The number of unbranched alkanes of at least 4 members (excludes halogenated alkanes) is 2. The van der Waals surface area contributed by atoms with Gasteiger partial charge in [0.15, 0.2) is 0 Å². The number of carbonyl (C=O) groups excluding carboxylic acids is 2. The number of nitrogens with zero attached hydrogens (tertiary/aromatic N) is 2. The van der Waals surface area contributed by atoms with Crippen LogP contribution in [-0.4, -0.2) is 61.0 Å². The van der Waals surface area contributed by atoms with Crippen molar-refractivity contribution >= 4 is 62.8 Å². The Kier molecular flexibility index (Phi) is 11.4. The van der Waals surface area contributed by atoms with Crippen molar-refractivity contribution < 1.29 is 9.59 Å². The van der Waals surface area contributed by atoms with Crippen LogP contribution in [0.4, 0.5) is 10.5 Å². The normalized spacial score (nSPS) is 14.7. The number of amides is 3. The van der Waals surface area contributed by atoms with Crippen LogP contribution in [-0.2, 0) is 4.79 Å². The average Bonchev–Trinajstić information content (AvgIpc) is 3.09. The molecule has 0 aliphatic carbocycles. The molecule has 3 amide bonds. The van der Waals surface area contributed by atoms with Crippen LogP contribution in [0, 0.1) is 0 Å². The summed E-state index contributed by atoms with van der Waals surface area (Å²) in [4.78, 5) is 28.9. The molecule has 1 saturated heterocycles.